The number of nitroso groups, excluding NO2 is 1. The highest BCUT2D eigenvalue weighted by molar-refractivity contribution is 5.58. The molecule has 0 fully saturated rings. The maximum atomic E-state index is 10.2. The number of anilines is 1. The van der Waals surface area contributed by atoms with E-state index >= 15 is 0 Å². The molecule has 62 valence electrons. The van der Waals surface area contributed by atoms with Crippen molar-refractivity contribution >= 4 is 11.4 Å². The molecule has 0 saturated heterocycles. The van der Waals surface area contributed by atoms with Gasteiger partial charge in [-0.3, -0.25) is 0 Å². The zero-order valence-electron chi connectivity index (χ0n) is 6.71. The molecule has 1 aliphatic rings. The van der Waals surface area contributed by atoms with E-state index in [1.54, 1.807) is 6.07 Å². The topological polar surface area (TPSA) is 41.5 Å². The molecule has 3 heteroatoms. The minimum atomic E-state index is 0.525. The van der Waals surface area contributed by atoms with Gasteiger partial charge in [0.1, 0.15) is 5.69 Å². The number of nitrogens with one attached hydrogen (secondary N) is 1. The van der Waals surface area contributed by atoms with Gasteiger partial charge in [0, 0.05) is 12.2 Å². The van der Waals surface area contributed by atoms with Crippen LogP contribution in [0.5, 0.6) is 0 Å². The molecule has 0 spiro atoms. The number of hydrogen-bond donors (Lipinski definition) is 1. The molecule has 3 nitrogen and oxygen atoms in total. The van der Waals surface area contributed by atoms with Gasteiger partial charge in [-0.05, 0) is 41.8 Å². The van der Waals surface area contributed by atoms with Crippen LogP contribution in [0.4, 0.5) is 11.4 Å². The Morgan fingerprint density at radius 3 is 3.17 bits per heavy atom. The number of hydrogen-bond acceptors (Lipinski definition) is 3. The normalized spacial score (nSPS) is 14.7. The van der Waals surface area contributed by atoms with Crippen LogP contribution in [-0.2, 0) is 6.42 Å². The Morgan fingerprint density at radius 2 is 2.33 bits per heavy atom. The van der Waals surface area contributed by atoms with Gasteiger partial charge in [0.05, 0.1) is 0 Å². The van der Waals surface area contributed by atoms with Crippen molar-refractivity contribution in [1.29, 1.82) is 0 Å². The van der Waals surface area contributed by atoms with Crippen LogP contribution in [0.25, 0.3) is 0 Å². The van der Waals surface area contributed by atoms with Crippen molar-refractivity contribution < 1.29 is 0 Å². The Kier molecular flexibility index (Phi) is 1.78. The maximum Gasteiger partial charge on any atom is 0.108 e. The summed E-state index contributed by atoms with van der Waals surface area (Å²) >= 11 is 0. The van der Waals surface area contributed by atoms with Gasteiger partial charge < -0.3 is 5.32 Å². The average Bonchev–Trinajstić information content (AvgIpc) is 2.17. The van der Waals surface area contributed by atoms with Crippen LogP contribution in [-0.4, -0.2) is 6.54 Å². The maximum absolute atomic E-state index is 10.2. The van der Waals surface area contributed by atoms with E-state index in [0.717, 1.165) is 25.1 Å². The van der Waals surface area contributed by atoms with E-state index in [0.29, 0.717) is 5.69 Å². The Hall–Kier alpha value is -1.38. The molecule has 1 N–H and O–H groups in total. The van der Waals surface area contributed by atoms with E-state index in [9.17, 15) is 4.91 Å². The van der Waals surface area contributed by atoms with E-state index in [-0.39, 0.29) is 0 Å². The Balaban J connectivity index is 2.42. The van der Waals surface area contributed by atoms with E-state index in [1.807, 2.05) is 12.1 Å². The first-order valence-corrected chi connectivity index (χ1v) is 4.10. The van der Waals surface area contributed by atoms with Crippen LogP contribution in [0.1, 0.15) is 12.0 Å². The summed E-state index contributed by atoms with van der Waals surface area (Å²) in [5.41, 5.74) is 2.88. The smallest absolute Gasteiger partial charge is 0.108 e. The van der Waals surface area contributed by atoms with Crippen molar-refractivity contribution in [2.75, 3.05) is 11.9 Å². The van der Waals surface area contributed by atoms with E-state index < -0.39 is 0 Å². The van der Waals surface area contributed by atoms with Crippen molar-refractivity contribution in [2.45, 2.75) is 12.8 Å². The molecule has 12 heavy (non-hydrogen) atoms. The standard InChI is InChI=1S/C9H10N2O/c12-11-8-3-4-9-7(6-8)2-1-5-10-9/h3-4,6,10H,1-2,5H2. The second kappa shape index (κ2) is 2.93. The zero-order chi connectivity index (χ0) is 8.39. The third-order valence-electron chi connectivity index (χ3n) is 2.13. The fourth-order valence-corrected chi connectivity index (χ4v) is 1.52. The van der Waals surface area contributed by atoms with Crippen molar-refractivity contribution in [3.05, 3.63) is 28.7 Å². The third kappa shape index (κ3) is 1.18. The first-order valence-electron chi connectivity index (χ1n) is 4.10. The lowest BCUT2D eigenvalue weighted by Gasteiger charge is -2.17. The first kappa shape index (κ1) is 7.28. The van der Waals surface area contributed by atoms with Gasteiger partial charge in [-0.15, -0.1) is 4.91 Å². The lowest BCUT2D eigenvalue weighted by molar-refractivity contribution is 0.830. The Labute approximate surface area is 70.8 Å². The SMILES string of the molecule is O=Nc1ccc2c(c1)CCCN2. The highest BCUT2D eigenvalue weighted by atomic mass is 16.3. The molecule has 0 unspecified atom stereocenters. The third-order valence-corrected chi connectivity index (χ3v) is 2.13. The summed E-state index contributed by atoms with van der Waals surface area (Å²) < 4.78 is 0. The number of fused-ring (bicyclic) bond motifs is 1. The van der Waals surface area contributed by atoms with Crippen LogP contribution in [0, 0.1) is 4.91 Å². The van der Waals surface area contributed by atoms with Crippen molar-refractivity contribution in [2.24, 2.45) is 5.18 Å². The number of rotatable bonds is 1. The zero-order valence-corrected chi connectivity index (χ0v) is 6.71. The number of aryl methyl sites for hydroxylation is 1. The number of nitrogens with zero attached hydrogens (tertiary/aromatic N) is 1. The van der Waals surface area contributed by atoms with Gasteiger partial charge >= 0.3 is 0 Å². The van der Waals surface area contributed by atoms with E-state index in [4.69, 9.17) is 0 Å². The molecule has 0 atom stereocenters. The fraction of sp³-hybridized carbons (Fsp3) is 0.333. The summed E-state index contributed by atoms with van der Waals surface area (Å²) in [7, 11) is 0. The molecule has 2 rings (SSSR count). The van der Waals surface area contributed by atoms with E-state index in [1.165, 1.54) is 5.56 Å². The highest BCUT2D eigenvalue weighted by Crippen LogP contribution is 2.25. The molecule has 1 aromatic rings. The summed E-state index contributed by atoms with van der Waals surface area (Å²) in [6, 6.07) is 5.52. The quantitative estimate of drug-likeness (QED) is 0.644. The molecule has 1 aliphatic heterocycles. The largest absolute Gasteiger partial charge is 0.385 e. The molecule has 1 aromatic carbocycles. The lowest BCUT2D eigenvalue weighted by atomic mass is 10.0. The van der Waals surface area contributed by atoms with Gasteiger partial charge in [0.2, 0.25) is 0 Å². The van der Waals surface area contributed by atoms with Gasteiger partial charge in [0.15, 0.2) is 0 Å². The van der Waals surface area contributed by atoms with Crippen molar-refractivity contribution in [3.63, 3.8) is 0 Å². The second-order valence-corrected chi connectivity index (χ2v) is 2.96. The Morgan fingerprint density at radius 1 is 1.42 bits per heavy atom. The van der Waals surface area contributed by atoms with Crippen LogP contribution < -0.4 is 5.32 Å². The molecule has 0 radical (unpaired) electrons. The van der Waals surface area contributed by atoms with Crippen LogP contribution >= 0.6 is 0 Å². The molecule has 0 aliphatic carbocycles. The molecule has 0 aromatic heterocycles. The summed E-state index contributed by atoms with van der Waals surface area (Å²) in [6.07, 6.45) is 2.18. The average molecular weight is 162 g/mol. The first-order chi connectivity index (χ1) is 5.90. The van der Waals surface area contributed by atoms with Crippen molar-refractivity contribution in [3.8, 4) is 0 Å². The molecule has 1 heterocycles. The fourth-order valence-electron chi connectivity index (χ4n) is 1.52. The van der Waals surface area contributed by atoms with E-state index in [2.05, 4.69) is 10.5 Å². The van der Waals surface area contributed by atoms with Crippen molar-refractivity contribution in [1.82, 2.24) is 0 Å². The highest BCUT2D eigenvalue weighted by Gasteiger charge is 2.08. The van der Waals surface area contributed by atoms with Crippen LogP contribution in [0.3, 0.4) is 0 Å². The predicted molar refractivity (Wildman–Crippen MR) is 48.7 cm³/mol. The van der Waals surface area contributed by atoms with Crippen LogP contribution in [0.15, 0.2) is 23.4 Å². The summed E-state index contributed by atoms with van der Waals surface area (Å²) in [5, 5.41) is 6.17. The molecular formula is C9H10N2O. The summed E-state index contributed by atoms with van der Waals surface area (Å²) in [6.45, 7) is 1.03. The van der Waals surface area contributed by atoms with Crippen LogP contribution in [0.2, 0.25) is 0 Å². The number of benzene rings is 1. The Bertz CT molecular complexity index is 309. The lowest BCUT2D eigenvalue weighted by Crippen LogP contribution is -2.10. The summed E-state index contributed by atoms with van der Waals surface area (Å²) in [5.74, 6) is 0. The second-order valence-electron chi connectivity index (χ2n) is 2.96. The minimum absolute atomic E-state index is 0.525. The molecule has 0 bridgehead atoms. The summed E-state index contributed by atoms with van der Waals surface area (Å²) in [4.78, 5) is 10.2. The molecular weight excluding hydrogens is 152 g/mol. The predicted octanol–water partition coefficient (Wildman–Crippen LogP) is 2.44. The van der Waals surface area contributed by atoms with Gasteiger partial charge in [-0.1, -0.05) is 0 Å². The minimum Gasteiger partial charge on any atom is -0.385 e. The van der Waals surface area contributed by atoms with Gasteiger partial charge in [-0.25, -0.2) is 0 Å². The van der Waals surface area contributed by atoms with Gasteiger partial charge in [-0.2, -0.15) is 0 Å². The molecule has 0 amide bonds. The monoisotopic (exact) mass is 162 g/mol. The molecule has 0 saturated carbocycles. The van der Waals surface area contributed by atoms with Gasteiger partial charge in [0.25, 0.3) is 0 Å².